The Morgan fingerprint density at radius 2 is 1.60 bits per heavy atom. The van der Waals surface area contributed by atoms with E-state index in [4.69, 9.17) is 5.11 Å². The van der Waals surface area contributed by atoms with E-state index in [1.54, 1.807) is 11.8 Å². The lowest BCUT2D eigenvalue weighted by molar-refractivity contribution is -0.140. The van der Waals surface area contributed by atoms with E-state index in [1.807, 2.05) is 0 Å². The van der Waals surface area contributed by atoms with Gasteiger partial charge in [0.15, 0.2) is 0 Å². The van der Waals surface area contributed by atoms with Crippen LogP contribution in [0.3, 0.4) is 0 Å². The highest BCUT2D eigenvalue weighted by molar-refractivity contribution is 7.99. The SMILES string of the molecule is CCCCCCCCCCSCC(NC(C)=O)C(=O)O. The van der Waals surface area contributed by atoms with Crippen molar-refractivity contribution in [1.29, 1.82) is 0 Å². The zero-order valence-corrected chi connectivity index (χ0v) is 13.6. The third-order valence-electron chi connectivity index (χ3n) is 3.10. The summed E-state index contributed by atoms with van der Waals surface area (Å²) < 4.78 is 0. The van der Waals surface area contributed by atoms with Crippen LogP contribution in [0.15, 0.2) is 0 Å². The average Bonchev–Trinajstić information content (AvgIpc) is 2.39. The number of hydrogen-bond acceptors (Lipinski definition) is 3. The summed E-state index contributed by atoms with van der Waals surface area (Å²) in [7, 11) is 0. The first-order valence-corrected chi connectivity index (χ1v) is 8.81. The third kappa shape index (κ3) is 12.3. The summed E-state index contributed by atoms with van der Waals surface area (Å²) in [6, 6.07) is -0.758. The fourth-order valence-corrected chi connectivity index (χ4v) is 3.00. The Labute approximate surface area is 127 Å². The topological polar surface area (TPSA) is 66.4 Å². The summed E-state index contributed by atoms with van der Waals surface area (Å²) in [4.78, 5) is 21.8. The van der Waals surface area contributed by atoms with Crippen molar-refractivity contribution in [2.24, 2.45) is 0 Å². The van der Waals surface area contributed by atoms with Gasteiger partial charge in [-0.15, -0.1) is 0 Å². The summed E-state index contributed by atoms with van der Waals surface area (Å²) in [6.07, 6.45) is 10.3. The number of thioether (sulfide) groups is 1. The van der Waals surface area contributed by atoms with Crippen LogP contribution < -0.4 is 5.32 Å². The van der Waals surface area contributed by atoms with E-state index in [1.165, 1.54) is 51.9 Å². The summed E-state index contributed by atoms with van der Waals surface area (Å²) in [5.41, 5.74) is 0. The number of unbranched alkanes of at least 4 members (excludes halogenated alkanes) is 7. The largest absolute Gasteiger partial charge is 0.480 e. The second-order valence-corrected chi connectivity index (χ2v) is 6.29. The van der Waals surface area contributed by atoms with Gasteiger partial charge in [-0.05, 0) is 12.2 Å². The Bertz CT molecular complexity index is 272. The quantitative estimate of drug-likeness (QED) is 0.511. The molecule has 0 aliphatic rings. The number of rotatable bonds is 13. The van der Waals surface area contributed by atoms with Crippen LogP contribution in [0.25, 0.3) is 0 Å². The zero-order valence-electron chi connectivity index (χ0n) is 12.8. The van der Waals surface area contributed by atoms with Crippen LogP contribution in [0.2, 0.25) is 0 Å². The Balaban J connectivity index is 3.41. The molecule has 118 valence electrons. The third-order valence-corrected chi connectivity index (χ3v) is 4.25. The molecule has 0 fully saturated rings. The van der Waals surface area contributed by atoms with Gasteiger partial charge in [-0.3, -0.25) is 4.79 Å². The highest BCUT2D eigenvalue weighted by atomic mass is 32.2. The first-order valence-electron chi connectivity index (χ1n) is 7.65. The number of carboxylic acids is 1. The molecule has 0 aromatic rings. The van der Waals surface area contributed by atoms with Gasteiger partial charge in [-0.2, -0.15) is 11.8 Å². The molecule has 20 heavy (non-hydrogen) atoms. The summed E-state index contributed by atoms with van der Waals surface area (Å²) in [6.45, 7) is 3.57. The number of nitrogens with one attached hydrogen (secondary N) is 1. The lowest BCUT2D eigenvalue weighted by Gasteiger charge is -2.12. The molecule has 0 rings (SSSR count). The molecule has 0 radical (unpaired) electrons. The van der Waals surface area contributed by atoms with Crippen LogP contribution in [0.1, 0.15) is 65.2 Å². The molecule has 0 saturated heterocycles. The fourth-order valence-electron chi connectivity index (χ4n) is 1.96. The van der Waals surface area contributed by atoms with E-state index < -0.39 is 12.0 Å². The number of carbonyl (C=O) groups is 2. The monoisotopic (exact) mass is 303 g/mol. The molecule has 0 bridgehead atoms. The lowest BCUT2D eigenvalue weighted by atomic mass is 10.1. The van der Waals surface area contributed by atoms with E-state index in [2.05, 4.69) is 12.2 Å². The Morgan fingerprint density at radius 1 is 1.05 bits per heavy atom. The van der Waals surface area contributed by atoms with Crippen LogP contribution in [0, 0.1) is 0 Å². The van der Waals surface area contributed by atoms with E-state index in [0.717, 1.165) is 12.2 Å². The lowest BCUT2D eigenvalue weighted by Crippen LogP contribution is -2.41. The number of hydrogen-bond donors (Lipinski definition) is 2. The van der Waals surface area contributed by atoms with Gasteiger partial charge in [0.1, 0.15) is 6.04 Å². The van der Waals surface area contributed by atoms with Crippen LogP contribution in [0.4, 0.5) is 0 Å². The molecule has 0 aliphatic carbocycles. The maximum Gasteiger partial charge on any atom is 0.327 e. The van der Waals surface area contributed by atoms with Crippen molar-refractivity contribution < 1.29 is 14.7 Å². The fraction of sp³-hybridized carbons (Fsp3) is 0.867. The average molecular weight is 303 g/mol. The molecule has 1 atom stereocenters. The molecule has 0 spiro atoms. The number of amides is 1. The Kier molecular flexibility index (Phi) is 12.8. The summed E-state index contributed by atoms with van der Waals surface area (Å²) in [5, 5.41) is 11.4. The van der Waals surface area contributed by atoms with Gasteiger partial charge in [0.25, 0.3) is 0 Å². The molecule has 0 aromatic heterocycles. The van der Waals surface area contributed by atoms with Gasteiger partial charge >= 0.3 is 5.97 Å². The Morgan fingerprint density at radius 3 is 2.10 bits per heavy atom. The molecule has 0 aliphatic heterocycles. The maximum absolute atomic E-state index is 10.9. The molecule has 1 amide bonds. The highest BCUT2D eigenvalue weighted by Crippen LogP contribution is 2.12. The minimum atomic E-state index is -0.955. The van der Waals surface area contributed by atoms with Crippen molar-refractivity contribution in [3.8, 4) is 0 Å². The number of carbonyl (C=O) groups excluding carboxylic acids is 1. The standard InChI is InChI=1S/C15H29NO3S/c1-3-4-5-6-7-8-9-10-11-20-12-14(15(18)19)16-13(2)17/h14H,3-12H2,1-2H3,(H,16,17)(H,18,19). The van der Waals surface area contributed by atoms with Crippen LogP contribution in [-0.2, 0) is 9.59 Å². The van der Waals surface area contributed by atoms with Gasteiger partial charge in [-0.25, -0.2) is 4.79 Å². The normalized spacial score (nSPS) is 12.1. The van der Waals surface area contributed by atoms with Crippen molar-refractivity contribution >= 4 is 23.6 Å². The molecule has 5 heteroatoms. The van der Waals surface area contributed by atoms with E-state index in [-0.39, 0.29) is 5.91 Å². The van der Waals surface area contributed by atoms with Crippen LogP contribution in [0.5, 0.6) is 0 Å². The van der Waals surface area contributed by atoms with E-state index in [9.17, 15) is 9.59 Å². The minimum Gasteiger partial charge on any atom is -0.480 e. The molecule has 2 N–H and O–H groups in total. The van der Waals surface area contributed by atoms with Crippen molar-refractivity contribution in [3.63, 3.8) is 0 Å². The Hall–Kier alpha value is -0.710. The summed E-state index contributed by atoms with van der Waals surface area (Å²) in [5.74, 6) is 0.178. The minimum absolute atomic E-state index is 0.287. The smallest absolute Gasteiger partial charge is 0.327 e. The van der Waals surface area contributed by atoms with Crippen molar-refractivity contribution in [2.45, 2.75) is 71.3 Å². The molecule has 1 unspecified atom stereocenters. The molecule has 0 saturated carbocycles. The van der Waals surface area contributed by atoms with Gasteiger partial charge in [0.05, 0.1) is 0 Å². The highest BCUT2D eigenvalue weighted by Gasteiger charge is 2.17. The second kappa shape index (κ2) is 13.3. The predicted octanol–water partition coefficient (Wildman–Crippen LogP) is 3.45. The molecular weight excluding hydrogens is 274 g/mol. The van der Waals surface area contributed by atoms with Gasteiger partial charge in [-0.1, -0.05) is 51.9 Å². The van der Waals surface area contributed by atoms with Gasteiger partial charge in [0, 0.05) is 12.7 Å². The van der Waals surface area contributed by atoms with Gasteiger partial charge < -0.3 is 10.4 Å². The van der Waals surface area contributed by atoms with Crippen molar-refractivity contribution in [3.05, 3.63) is 0 Å². The number of aliphatic carboxylic acids is 1. The molecule has 0 aromatic carbocycles. The van der Waals surface area contributed by atoms with Crippen molar-refractivity contribution in [1.82, 2.24) is 5.32 Å². The second-order valence-electron chi connectivity index (χ2n) is 5.14. The van der Waals surface area contributed by atoms with Crippen molar-refractivity contribution in [2.75, 3.05) is 11.5 Å². The van der Waals surface area contributed by atoms with E-state index in [0.29, 0.717) is 5.75 Å². The predicted molar refractivity (Wildman–Crippen MR) is 85.2 cm³/mol. The molecular formula is C15H29NO3S. The first-order chi connectivity index (χ1) is 9.57. The zero-order chi connectivity index (χ0) is 15.2. The maximum atomic E-state index is 10.9. The summed E-state index contributed by atoms with van der Waals surface area (Å²) >= 11 is 1.61. The first kappa shape index (κ1) is 19.3. The molecule has 4 nitrogen and oxygen atoms in total. The van der Waals surface area contributed by atoms with Gasteiger partial charge in [0.2, 0.25) is 5.91 Å². The van der Waals surface area contributed by atoms with Crippen LogP contribution in [-0.4, -0.2) is 34.5 Å². The number of carboxylic acid groups (broad SMARTS) is 1. The van der Waals surface area contributed by atoms with Crippen LogP contribution >= 0.6 is 11.8 Å². The van der Waals surface area contributed by atoms with E-state index >= 15 is 0 Å². The molecule has 0 heterocycles.